The van der Waals surface area contributed by atoms with Gasteiger partial charge in [0.1, 0.15) is 5.75 Å². The van der Waals surface area contributed by atoms with Crippen molar-refractivity contribution in [3.05, 3.63) is 65.2 Å². The fourth-order valence-corrected chi connectivity index (χ4v) is 4.06. The van der Waals surface area contributed by atoms with E-state index in [1.165, 1.54) is 16.7 Å². The smallest absolute Gasteiger partial charge is 0.122 e. The molecular weight excluding hydrogens is 308 g/mol. The van der Waals surface area contributed by atoms with E-state index >= 15 is 0 Å². The van der Waals surface area contributed by atoms with Gasteiger partial charge in [-0.25, -0.2) is 0 Å². The van der Waals surface area contributed by atoms with E-state index in [1.54, 1.807) is 0 Å². The Hall–Kier alpha value is -2.31. The van der Waals surface area contributed by atoms with Crippen molar-refractivity contribution in [3.8, 4) is 11.8 Å². The summed E-state index contributed by atoms with van der Waals surface area (Å²) in [6.45, 7) is 3.88. The molecule has 0 bridgehead atoms. The number of likely N-dealkylation sites (tertiary alicyclic amines) is 1. The fraction of sp³-hybridized carbons (Fsp3) is 0.409. The molecule has 25 heavy (non-hydrogen) atoms. The fourth-order valence-electron chi connectivity index (χ4n) is 4.06. The van der Waals surface area contributed by atoms with Crippen LogP contribution in [0.25, 0.3) is 0 Å². The van der Waals surface area contributed by atoms with Crippen molar-refractivity contribution in [3.63, 3.8) is 0 Å². The molecule has 0 aromatic heterocycles. The Morgan fingerprint density at radius 2 is 1.88 bits per heavy atom. The van der Waals surface area contributed by atoms with Crippen LogP contribution in [0.2, 0.25) is 0 Å². The van der Waals surface area contributed by atoms with Gasteiger partial charge in [-0.2, -0.15) is 5.26 Å². The maximum absolute atomic E-state index is 9.80. The van der Waals surface area contributed by atoms with Gasteiger partial charge in [-0.3, -0.25) is 0 Å². The van der Waals surface area contributed by atoms with Crippen LogP contribution in [0.1, 0.15) is 29.5 Å². The van der Waals surface area contributed by atoms with Gasteiger partial charge in [0, 0.05) is 13.0 Å². The molecular formula is C22H24N2O. The summed E-state index contributed by atoms with van der Waals surface area (Å²) >= 11 is 0. The number of benzene rings is 2. The third kappa shape index (κ3) is 3.27. The van der Waals surface area contributed by atoms with Gasteiger partial charge in [0.25, 0.3) is 0 Å². The van der Waals surface area contributed by atoms with Gasteiger partial charge in [0.05, 0.1) is 18.1 Å². The van der Waals surface area contributed by atoms with Crippen molar-refractivity contribution in [2.24, 2.45) is 0 Å². The van der Waals surface area contributed by atoms with Crippen LogP contribution in [0, 0.1) is 11.3 Å². The Morgan fingerprint density at radius 3 is 2.64 bits per heavy atom. The highest BCUT2D eigenvalue weighted by molar-refractivity contribution is 5.40. The van der Waals surface area contributed by atoms with Crippen LogP contribution >= 0.6 is 0 Å². The zero-order chi connectivity index (χ0) is 17.1. The Morgan fingerprint density at radius 1 is 1.08 bits per heavy atom. The number of nitrogens with zero attached hydrogens (tertiary/aromatic N) is 2. The van der Waals surface area contributed by atoms with Crippen LogP contribution in [0.15, 0.2) is 48.5 Å². The van der Waals surface area contributed by atoms with Crippen molar-refractivity contribution in [1.82, 2.24) is 4.90 Å². The maximum Gasteiger partial charge on any atom is 0.122 e. The standard InChI is InChI=1S/C22H24N2O/c23-17-22(20-4-2-1-3-5-20)10-13-24(14-11-22)12-8-18-6-7-21-19(16-18)9-15-25-21/h1-7,16H,8-15H2. The summed E-state index contributed by atoms with van der Waals surface area (Å²) in [6, 6.07) is 19.5. The van der Waals surface area contributed by atoms with E-state index in [0.29, 0.717) is 0 Å². The lowest BCUT2D eigenvalue weighted by molar-refractivity contribution is 0.188. The van der Waals surface area contributed by atoms with E-state index < -0.39 is 0 Å². The van der Waals surface area contributed by atoms with Crippen LogP contribution in [0.5, 0.6) is 5.75 Å². The number of ether oxygens (including phenoxy) is 1. The molecule has 1 saturated heterocycles. The van der Waals surface area contributed by atoms with Crippen LogP contribution in [-0.2, 0) is 18.3 Å². The highest BCUT2D eigenvalue weighted by Gasteiger charge is 2.36. The summed E-state index contributed by atoms with van der Waals surface area (Å²) in [5, 5.41) is 9.80. The molecule has 2 aliphatic heterocycles. The summed E-state index contributed by atoms with van der Waals surface area (Å²) < 4.78 is 5.58. The molecule has 3 heteroatoms. The zero-order valence-electron chi connectivity index (χ0n) is 14.6. The molecule has 2 heterocycles. The second-order valence-electron chi connectivity index (χ2n) is 7.19. The molecule has 0 unspecified atom stereocenters. The zero-order valence-corrected chi connectivity index (χ0v) is 14.6. The van der Waals surface area contributed by atoms with Gasteiger partial charge in [-0.1, -0.05) is 42.5 Å². The first-order valence-electron chi connectivity index (χ1n) is 9.23. The molecule has 2 aliphatic rings. The quantitative estimate of drug-likeness (QED) is 0.856. The summed E-state index contributed by atoms with van der Waals surface area (Å²) in [6.07, 6.45) is 3.95. The van der Waals surface area contributed by atoms with Gasteiger partial charge in [0.15, 0.2) is 0 Å². The second-order valence-corrected chi connectivity index (χ2v) is 7.19. The summed E-state index contributed by atoms with van der Waals surface area (Å²) in [5.41, 5.74) is 3.62. The minimum absolute atomic E-state index is 0.303. The van der Waals surface area contributed by atoms with Crippen LogP contribution < -0.4 is 4.74 Å². The Kier molecular flexibility index (Phi) is 4.46. The molecule has 1 fully saturated rings. The summed E-state index contributed by atoms with van der Waals surface area (Å²) in [5.74, 6) is 1.06. The molecule has 0 spiro atoms. The Labute approximate surface area is 149 Å². The molecule has 4 rings (SSSR count). The molecule has 128 valence electrons. The normalized spacial score (nSPS) is 19.0. The van der Waals surface area contributed by atoms with Crippen LogP contribution in [0.4, 0.5) is 0 Å². The van der Waals surface area contributed by atoms with Crippen molar-refractivity contribution in [2.75, 3.05) is 26.2 Å². The van der Waals surface area contributed by atoms with Crippen LogP contribution in [-0.4, -0.2) is 31.1 Å². The number of fused-ring (bicyclic) bond motifs is 1. The monoisotopic (exact) mass is 332 g/mol. The molecule has 3 nitrogen and oxygen atoms in total. The maximum atomic E-state index is 9.80. The summed E-state index contributed by atoms with van der Waals surface area (Å²) in [4.78, 5) is 2.50. The van der Waals surface area contributed by atoms with Crippen molar-refractivity contribution < 1.29 is 4.74 Å². The molecule has 0 saturated carbocycles. The first-order chi connectivity index (χ1) is 12.3. The van der Waals surface area contributed by atoms with Gasteiger partial charge in [0.2, 0.25) is 0 Å². The van der Waals surface area contributed by atoms with E-state index in [9.17, 15) is 5.26 Å². The van der Waals surface area contributed by atoms with E-state index in [2.05, 4.69) is 41.3 Å². The van der Waals surface area contributed by atoms with E-state index in [4.69, 9.17) is 4.74 Å². The number of hydrogen-bond acceptors (Lipinski definition) is 3. The molecule has 0 aliphatic carbocycles. The predicted octanol–water partition coefficient (Wildman–Crippen LogP) is 3.72. The first kappa shape index (κ1) is 16.2. The van der Waals surface area contributed by atoms with Crippen molar-refractivity contribution in [1.29, 1.82) is 5.26 Å². The van der Waals surface area contributed by atoms with E-state index in [1.807, 2.05) is 18.2 Å². The molecule has 0 radical (unpaired) electrons. The van der Waals surface area contributed by atoms with Gasteiger partial charge < -0.3 is 9.64 Å². The topological polar surface area (TPSA) is 36.3 Å². The summed E-state index contributed by atoms with van der Waals surface area (Å²) in [7, 11) is 0. The highest BCUT2D eigenvalue weighted by Crippen LogP contribution is 2.35. The number of nitriles is 1. The molecule has 2 aromatic carbocycles. The van der Waals surface area contributed by atoms with Gasteiger partial charge in [-0.15, -0.1) is 0 Å². The average Bonchev–Trinajstić information content (AvgIpc) is 3.15. The predicted molar refractivity (Wildman–Crippen MR) is 98.8 cm³/mol. The van der Waals surface area contributed by atoms with E-state index in [0.717, 1.165) is 57.7 Å². The van der Waals surface area contributed by atoms with Gasteiger partial charge in [-0.05, 0) is 55.1 Å². The Bertz CT molecular complexity index is 770. The molecule has 2 aromatic rings. The average molecular weight is 332 g/mol. The molecule has 0 amide bonds. The minimum atomic E-state index is -0.303. The van der Waals surface area contributed by atoms with Crippen LogP contribution in [0.3, 0.4) is 0 Å². The first-order valence-corrected chi connectivity index (χ1v) is 9.23. The van der Waals surface area contributed by atoms with Gasteiger partial charge >= 0.3 is 0 Å². The third-order valence-corrected chi connectivity index (χ3v) is 5.72. The lowest BCUT2D eigenvalue weighted by atomic mass is 9.74. The van der Waals surface area contributed by atoms with Crippen molar-refractivity contribution >= 4 is 0 Å². The lowest BCUT2D eigenvalue weighted by Crippen LogP contribution is -2.42. The number of rotatable bonds is 4. The highest BCUT2D eigenvalue weighted by atomic mass is 16.5. The number of piperidine rings is 1. The van der Waals surface area contributed by atoms with E-state index in [-0.39, 0.29) is 5.41 Å². The third-order valence-electron chi connectivity index (χ3n) is 5.72. The SMILES string of the molecule is N#CC1(c2ccccc2)CCN(CCc2ccc3c(c2)CCO3)CC1. The second kappa shape index (κ2) is 6.90. The minimum Gasteiger partial charge on any atom is -0.493 e. The Balaban J connectivity index is 1.35. The number of hydrogen-bond donors (Lipinski definition) is 0. The lowest BCUT2D eigenvalue weighted by Gasteiger charge is -2.37. The molecule has 0 atom stereocenters. The van der Waals surface area contributed by atoms with Crippen molar-refractivity contribution in [2.45, 2.75) is 31.1 Å². The molecule has 0 N–H and O–H groups in total. The largest absolute Gasteiger partial charge is 0.493 e.